The van der Waals surface area contributed by atoms with Gasteiger partial charge in [0.05, 0.1) is 22.5 Å². The highest BCUT2D eigenvalue weighted by Crippen LogP contribution is 2.42. The van der Waals surface area contributed by atoms with E-state index in [-0.39, 0.29) is 39.5 Å². The van der Waals surface area contributed by atoms with Crippen LogP contribution in [0, 0.1) is 29.9 Å². The lowest BCUT2D eigenvalue weighted by atomic mass is 10.1. The molecule has 1 N–H and O–H groups in total. The lowest BCUT2D eigenvalue weighted by Crippen LogP contribution is -2.42. The first-order chi connectivity index (χ1) is 16.4. The van der Waals surface area contributed by atoms with Gasteiger partial charge in [-0.1, -0.05) is 12.8 Å². The number of nitriles is 1. The largest absolute Gasteiger partial charge is 0.404 e. The predicted octanol–water partition coefficient (Wildman–Crippen LogP) is 5.51. The third kappa shape index (κ3) is 4.38. The highest BCUT2D eigenvalue weighted by atomic mass is 32.2. The van der Waals surface area contributed by atoms with Crippen LogP contribution in [0.4, 0.5) is 22.0 Å². The number of sulfonamides is 1. The van der Waals surface area contributed by atoms with Gasteiger partial charge in [-0.2, -0.15) is 23.2 Å². The van der Waals surface area contributed by atoms with Gasteiger partial charge in [-0.3, -0.25) is 4.98 Å². The standard InChI is InChI=1S/C23H21F5N4O2S/c1-12-18(24)9-16-17(10-29)21(32(22(16)20(12)25)14-5-3-4-6-14)19-8-7-15(11-30-19)35(33,34)31-13(2)23(26,27)28/h7-9,11,13-14,31H,3-6H2,1-2H3/t13-/m1/s1. The van der Waals surface area contributed by atoms with Crippen molar-refractivity contribution in [3.8, 4) is 17.5 Å². The van der Waals surface area contributed by atoms with E-state index in [0.717, 1.165) is 31.2 Å². The van der Waals surface area contributed by atoms with Crippen LogP contribution in [0.15, 0.2) is 29.3 Å². The zero-order chi connectivity index (χ0) is 25.7. The molecule has 1 atom stereocenters. The summed E-state index contributed by atoms with van der Waals surface area (Å²) in [5.74, 6) is -1.60. The lowest BCUT2D eigenvalue weighted by Gasteiger charge is -2.19. The summed E-state index contributed by atoms with van der Waals surface area (Å²) in [6, 6.07) is 2.90. The van der Waals surface area contributed by atoms with Crippen LogP contribution >= 0.6 is 0 Å². The van der Waals surface area contributed by atoms with Gasteiger partial charge in [0.1, 0.15) is 22.8 Å². The molecule has 1 aromatic carbocycles. The van der Waals surface area contributed by atoms with Gasteiger partial charge in [-0.25, -0.2) is 17.2 Å². The van der Waals surface area contributed by atoms with Crippen LogP contribution in [0.1, 0.15) is 49.8 Å². The maximum Gasteiger partial charge on any atom is 0.404 e. The molecular weight excluding hydrogens is 491 g/mol. The van der Waals surface area contributed by atoms with Crippen molar-refractivity contribution in [2.45, 2.75) is 62.7 Å². The number of rotatable bonds is 5. The highest BCUT2D eigenvalue weighted by molar-refractivity contribution is 7.89. The molecule has 35 heavy (non-hydrogen) atoms. The Hall–Kier alpha value is -3.04. The summed E-state index contributed by atoms with van der Waals surface area (Å²) in [4.78, 5) is 3.60. The van der Waals surface area contributed by atoms with Crippen molar-refractivity contribution in [3.63, 3.8) is 0 Å². The Kier molecular flexibility index (Phi) is 6.36. The van der Waals surface area contributed by atoms with Gasteiger partial charge in [0.25, 0.3) is 0 Å². The van der Waals surface area contributed by atoms with Crippen LogP contribution in [0.3, 0.4) is 0 Å². The molecule has 1 fully saturated rings. The number of nitrogens with zero attached hydrogens (tertiary/aromatic N) is 3. The second-order valence-electron chi connectivity index (χ2n) is 8.60. The molecule has 0 bridgehead atoms. The summed E-state index contributed by atoms with van der Waals surface area (Å²) in [6.07, 6.45) is -0.753. The molecule has 0 saturated heterocycles. The number of halogens is 5. The third-order valence-electron chi connectivity index (χ3n) is 6.32. The second-order valence-corrected chi connectivity index (χ2v) is 10.3. The van der Waals surface area contributed by atoms with Crippen molar-refractivity contribution in [2.75, 3.05) is 0 Å². The fourth-order valence-corrected chi connectivity index (χ4v) is 5.60. The molecule has 0 unspecified atom stereocenters. The van der Waals surface area contributed by atoms with Crippen LogP contribution in [0.2, 0.25) is 0 Å². The molecule has 0 amide bonds. The highest BCUT2D eigenvalue weighted by Gasteiger charge is 2.39. The Balaban J connectivity index is 1.88. The molecule has 1 aliphatic rings. The van der Waals surface area contributed by atoms with Crippen molar-refractivity contribution < 1.29 is 30.4 Å². The third-order valence-corrected chi connectivity index (χ3v) is 7.85. The number of pyridine rings is 1. The first-order valence-electron chi connectivity index (χ1n) is 10.8. The van der Waals surface area contributed by atoms with Crippen LogP contribution in [0.25, 0.3) is 22.3 Å². The van der Waals surface area contributed by atoms with Crippen molar-refractivity contribution in [1.82, 2.24) is 14.3 Å². The van der Waals surface area contributed by atoms with E-state index in [4.69, 9.17) is 0 Å². The summed E-state index contributed by atoms with van der Waals surface area (Å²) in [5.41, 5.74) is 0.187. The Morgan fingerprint density at radius 3 is 2.43 bits per heavy atom. The maximum absolute atomic E-state index is 15.3. The molecule has 2 heterocycles. The minimum absolute atomic E-state index is 0.0170. The first kappa shape index (κ1) is 25.1. The predicted molar refractivity (Wildman–Crippen MR) is 118 cm³/mol. The quantitative estimate of drug-likeness (QED) is 0.457. The lowest BCUT2D eigenvalue weighted by molar-refractivity contribution is -0.147. The summed E-state index contributed by atoms with van der Waals surface area (Å²) in [6.45, 7) is 1.98. The van der Waals surface area contributed by atoms with Gasteiger partial charge in [-0.05, 0) is 44.9 Å². The number of fused-ring (bicyclic) bond motifs is 1. The molecule has 186 valence electrons. The smallest absolute Gasteiger partial charge is 0.333 e. The van der Waals surface area contributed by atoms with Gasteiger partial charge in [-0.15, -0.1) is 0 Å². The van der Waals surface area contributed by atoms with Gasteiger partial charge in [0.15, 0.2) is 5.82 Å². The zero-order valence-electron chi connectivity index (χ0n) is 18.7. The summed E-state index contributed by atoms with van der Waals surface area (Å²) >= 11 is 0. The normalized spacial score (nSPS) is 16.1. The summed E-state index contributed by atoms with van der Waals surface area (Å²) in [7, 11) is -4.54. The van der Waals surface area contributed by atoms with E-state index in [1.165, 1.54) is 13.0 Å². The molecule has 4 rings (SSSR count). The van der Waals surface area contributed by atoms with E-state index < -0.39 is 38.8 Å². The Labute approximate surface area is 198 Å². The van der Waals surface area contributed by atoms with E-state index in [1.807, 2.05) is 6.07 Å². The number of aromatic nitrogens is 2. The second kappa shape index (κ2) is 8.87. The summed E-state index contributed by atoms with van der Waals surface area (Å²) in [5, 5.41) is 9.97. The van der Waals surface area contributed by atoms with Gasteiger partial charge >= 0.3 is 6.18 Å². The Morgan fingerprint density at radius 2 is 1.89 bits per heavy atom. The van der Waals surface area contributed by atoms with Crippen LogP contribution in [0.5, 0.6) is 0 Å². The molecule has 0 radical (unpaired) electrons. The number of benzene rings is 1. The average molecular weight is 513 g/mol. The number of hydrogen-bond acceptors (Lipinski definition) is 4. The van der Waals surface area contributed by atoms with Crippen LogP contribution in [-0.2, 0) is 10.0 Å². The molecule has 1 saturated carbocycles. The molecular formula is C23H21F5N4O2S. The first-order valence-corrected chi connectivity index (χ1v) is 12.3. The van der Waals surface area contributed by atoms with Gasteiger partial charge in [0, 0.05) is 23.2 Å². The SMILES string of the molecule is Cc1c(F)cc2c(C#N)c(-c3ccc(S(=O)(=O)N[C@H](C)C(F)(F)F)cn3)n(C3CCCC3)c2c1F. The molecule has 12 heteroatoms. The van der Waals surface area contributed by atoms with E-state index >= 15 is 4.39 Å². The van der Waals surface area contributed by atoms with E-state index in [1.54, 1.807) is 9.29 Å². The maximum atomic E-state index is 15.3. The van der Waals surface area contributed by atoms with Gasteiger partial charge < -0.3 is 4.57 Å². The molecule has 3 aromatic rings. The van der Waals surface area contributed by atoms with Crippen molar-refractivity contribution in [3.05, 3.63) is 47.2 Å². The summed E-state index contributed by atoms with van der Waals surface area (Å²) < 4.78 is 96.1. The fourth-order valence-electron chi connectivity index (χ4n) is 4.43. The number of alkyl halides is 3. The minimum atomic E-state index is -4.78. The molecule has 0 spiro atoms. The molecule has 1 aliphatic carbocycles. The average Bonchev–Trinajstić information content (AvgIpc) is 3.42. The monoisotopic (exact) mass is 512 g/mol. The minimum Gasteiger partial charge on any atom is -0.333 e. The molecule has 2 aromatic heterocycles. The van der Waals surface area contributed by atoms with Crippen LogP contribution in [-0.4, -0.2) is 30.2 Å². The van der Waals surface area contributed by atoms with Crippen LogP contribution < -0.4 is 4.72 Å². The van der Waals surface area contributed by atoms with E-state index in [2.05, 4.69) is 4.98 Å². The van der Waals surface area contributed by atoms with E-state index in [0.29, 0.717) is 19.8 Å². The zero-order valence-corrected chi connectivity index (χ0v) is 19.6. The Bertz CT molecular complexity index is 1430. The van der Waals surface area contributed by atoms with Crippen molar-refractivity contribution in [2.24, 2.45) is 0 Å². The number of hydrogen-bond donors (Lipinski definition) is 1. The topological polar surface area (TPSA) is 87.8 Å². The van der Waals surface area contributed by atoms with E-state index in [9.17, 15) is 31.2 Å². The Morgan fingerprint density at radius 1 is 1.23 bits per heavy atom. The molecule has 0 aliphatic heterocycles. The van der Waals surface area contributed by atoms with Crippen molar-refractivity contribution >= 4 is 20.9 Å². The molecule has 6 nitrogen and oxygen atoms in total. The van der Waals surface area contributed by atoms with Crippen molar-refractivity contribution in [1.29, 1.82) is 5.26 Å². The fraction of sp³-hybridized carbons (Fsp3) is 0.391. The van der Waals surface area contributed by atoms with Gasteiger partial charge in [0.2, 0.25) is 10.0 Å². The number of nitrogens with one attached hydrogen (secondary N) is 1.